The Hall–Kier alpha value is -2.97. The van der Waals surface area contributed by atoms with Gasteiger partial charge >= 0.3 is 6.09 Å². The van der Waals surface area contributed by atoms with E-state index in [0.29, 0.717) is 67.8 Å². The molecule has 2 saturated carbocycles. The first-order valence-electron chi connectivity index (χ1n) is 18.2. The van der Waals surface area contributed by atoms with Gasteiger partial charge in [-0.05, 0) is 92.7 Å². The second-order valence-electron chi connectivity index (χ2n) is 15.7. The molecule has 2 saturated heterocycles. The molecule has 8 heteroatoms. The van der Waals surface area contributed by atoms with Crippen molar-refractivity contribution in [1.29, 1.82) is 0 Å². The highest BCUT2D eigenvalue weighted by Gasteiger charge is 2.63. The van der Waals surface area contributed by atoms with Gasteiger partial charge in [0.2, 0.25) is 5.91 Å². The largest absolute Gasteiger partial charge is 0.446 e. The van der Waals surface area contributed by atoms with E-state index in [4.69, 9.17) is 9.47 Å². The molecule has 0 aromatic heterocycles. The Bertz CT molecular complexity index is 1460. The average Bonchev–Trinajstić information content (AvgIpc) is 3.51. The Morgan fingerprint density at radius 1 is 1.09 bits per heavy atom. The zero-order valence-corrected chi connectivity index (χ0v) is 28.6. The fourth-order valence-electron chi connectivity index (χ4n) is 10.6. The van der Waals surface area contributed by atoms with Crippen LogP contribution in [-0.2, 0) is 25.5 Å². The number of ether oxygens (including phenoxy) is 2. The molecule has 1 aromatic rings. The summed E-state index contributed by atoms with van der Waals surface area (Å²) in [6.45, 7) is 10.9. The van der Waals surface area contributed by atoms with Gasteiger partial charge in [0.1, 0.15) is 6.10 Å². The predicted octanol–water partition coefficient (Wildman–Crippen LogP) is 5.66. The number of hydrogen-bond acceptors (Lipinski definition) is 6. The van der Waals surface area contributed by atoms with E-state index < -0.39 is 6.09 Å². The number of benzene rings is 1. The fourth-order valence-corrected chi connectivity index (χ4v) is 10.6. The molecule has 10 atom stereocenters. The molecule has 6 aliphatic rings. The number of fused-ring (bicyclic) bond motifs is 6. The van der Waals surface area contributed by atoms with Crippen LogP contribution in [0.15, 0.2) is 53.1 Å². The SMILES string of the molecule is CC1=C2C(=O)[C@H]3[C@@H](CC=C4C[C@@H](OC(=O)NCCNC(=O)CCc5ccccc5)CC[C@@]43C)[C@@H]2CCC12O[C@@H]1C[C@H](C)CN[C@H]1[C@H]2C. The van der Waals surface area contributed by atoms with E-state index in [2.05, 4.69) is 49.7 Å². The Kier molecular flexibility index (Phi) is 8.88. The fraction of sp³-hybridized carbons (Fsp3) is 0.667. The average molecular weight is 644 g/mol. The van der Waals surface area contributed by atoms with Gasteiger partial charge in [0.15, 0.2) is 5.78 Å². The van der Waals surface area contributed by atoms with E-state index >= 15 is 0 Å². The molecule has 2 amide bonds. The number of piperidine rings is 1. The molecule has 0 radical (unpaired) electrons. The first-order valence-corrected chi connectivity index (χ1v) is 18.2. The highest BCUT2D eigenvalue weighted by molar-refractivity contribution is 6.02. The van der Waals surface area contributed by atoms with Crippen LogP contribution >= 0.6 is 0 Å². The molecular formula is C39H53N3O5. The van der Waals surface area contributed by atoms with E-state index in [9.17, 15) is 14.4 Å². The molecule has 4 fully saturated rings. The van der Waals surface area contributed by atoms with Crippen LogP contribution in [0.1, 0.15) is 84.6 Å². The van der Waals surface area contributed by atoms with Gasteiger partial charge in [-0.15, -0.1) is 0 Å². The number of aryl methyl sites for hydroxylation is 1. The normalized spacial score (nSPS) is 39.0. The van der Waals surface area contributed by atoms with Gasteiger partial charge in [-0.25, -0.2) is 4.79 Å². The maximum Gasteiger partial charge on any atom is 0.407 e. The zero-order valence-electron chi connectivity index (χ0n) is 28.6. The maximum atomic E-state index is 14.5. The quantitative estimate of drug-likeness (QED) is 0.262. The lowest BCUT2D eigenvalue weighted by atomic mass is 9.56. The first-order chi connectivity index (χ1) is 22.6. The van der Waals surface area contributed by atoms with Crippen molar-refractivity contribution in [2.24, 2.45) is 35.0 Å². The summed E-state index contributed by atoms with van der Waals surface area (Å²) in [6.07, 6.45) is 9.35. The second kappa shape index (κ2) is 12.8. The van der Waals surface area contributed by atoms with E-state index in [1.807, 2.05) is 30.3 Å². The number of amides is 2. The minimum Gasteiger partial charge on any atom is -0.446 e. The maximum absolute atomic E-state index is 14.5. The molecule has 4 aliphatic carbocycles. The highest BCUT2D eigenvalue weighted by atomic mass is 16.6. The number of alkyl carbamates (subject to hydrolysis) is 1. The number of Topliss-reactive ketones (excluding diaryl/α,β-unsaturated/α-hetero) is 1. The molecule has 1 aromatic carbocycles. The summed E-state index contributed by atoms with van der Waals surface area (Å²) in [6, 6.07) is 10.3. The summed E-state index contributed by atoms with van der Waals surface area (Å²) in [5.41, 5.74) is 4.18. The smallest absolute Gasteiger partial charge is 0.407 e. The van der Waals surface area contributed by atoms with Gasteiger partial charge in [-0.1, -0.05) is 62.8 Å². The highest BCUT2D eigenvalue weighted by Crippen LogP contribution is 2.63. The van der Waals surface area contributed by atoms with E-state index in [-0.39, 0.29) is 35.0 Å². The number of rotatable bonds is 7. The van der Waals surface area contributed by atoms with Crippen LogP contribution in [0.25, 0.3) is 0 Å². The standard InChI is InChI=1S/C39H53N3O5/c1-23-20-31-35(42-22-23)25(3)39(47-31)17-15-29-30-12-11-27-21-28(14-16-38(27,4)34(30)36(44)33(29)24(39)2)46-37(45)41-19-18-40-32(43)13-10-26-8-6-5-7-9-26/h5-9,11,23,25,28-31,34-35,42H,10,12-22H2,1-4H3,(H,40,43)(H,41,45)/t23-,25+,28-,29-,30-,31+,34+,35-,38-,39?/m0/s1. The predicted molar refractivity (Wildman–Crippen MR) is 180 cm³/mol. The van der Waals surface area contributed by atoms with E-state index in [1.54, 1.807) is 0 Å². The number of carbonyl (C=O) groups is 3. The minimum atomic E-state index is -0.449. The zero-order chi connectivity index (χ0) is 32.9. The molecule has 2 aliphatic heterocycles. The van der Waals surface area contributed by atoms with E-state index in [1.165, 1.54) is 11.1 Å². The van der Waals surface area contributed by atoms with Gasteiger partial charge in [-0.3, -0.25) is 9.59 Å². The third-order valence-corrected chi connectivity index (χ3v) is 13.1. The lowest BCUT2D eigenvalue weighted by Gasteiger charge is -2.48. The molecule has 3 N–H and O–H groups in total. The van der Waals surface area contributed by atoms with Crippen LogP contribution in [0, 0.1) is 35.0 Å². The summed E-state index contributed by atoms with van der Waals surface area (Å²) >= 11 is 0. The van der Waals surface area contributed by atoms with Crippen LogP contribution in [0.5, 0.6) is 0 Å². The van der Waals surface area contributed by atoms with Crippen molar-refractivity contribution in [3.8, 4) is 0 Å². The van der Waals surface area contributed by atoms with Crippen LogP contribution in [0.3, 0.4) is 0 Å². The number of allylic oxidation sites excluding steroid dienone is 2. The second-order valence-corrected chi connectivity index (χ2v) is 15.7. The summed E-state index contributed by atoms with van der Waals surface area (Å²) in [5, 5.41) is 9.46. The molecule has 0 bridgehead atoms. The molecule has 2 heterocycles. The van der Waals surface area contributed by atoms with Crippen molar-refractivity contribution < 1.29 is 23.9 Å². The van der Waals surface area contributed by atoms with Crippen LogP contribution in [0.4, 0.5) is 4.79 Å². The monoisotopic (exact) mass is 643 g/mol. The van der Waals surface area contributed by atoms with Crippen molar-refractivity contribution in [3.63, 3.8) is 0 Å². The number of ketones is 1. The first kappa shape index (κ1) is 32.6. The molecule has 7 rings (SSSR count). The molecule has 254 valence electrons. The van der Waals surface area contributed by atoms with Crippen LogP contribution < -0.4 is 16.0 Å². The Morgan fingerprint density at radius 2 is 1.87 bits per heavy atom. The Morgan fingerprint density at radius 3 is 2.68 bits per heavy atom. The Balaban J connectivity index is 0.939. The van der Waals surface area contributed by atoms with Crippen LogP contribution in [-0.4, -0.2) is 61.3 Å². The van der Waals surface area contributed by atoms with Gasteiger partial charge in [0.25, 0.3) is 0 Å². The summed E-state index contributed by atoms with van der Waals surface area (Å²) < 4.78 is 12.9. The topological polar surface area (TPSA) is 106 Å². The van der Waals surface area contributed by atoms with Crippen LogP contribution in [0.2, 0.25) is 0 Å². The van der Waals surface area contributed by atoms with Gasteiger partial charge in [0, 0.05) is 49.4 Å². The van der Waals surface area contributed by atoms with Gasteiger partial charge < -0.3 is 25.4 Å². The summed E-state index contributed by atoms with van der Waals surface area (Å²) in [7, 11) is 0. The minimum absolute atomic E-state index is 0.00925. The van der Waals surface area contributed by atoms with Crippen molar-refractivity contribution in [3.05, 3.63) is 58.7 Å². The molecular weight excluding hydrogens is 590 g/mol. The third kappa shape index (κ3) is 5.77. The number of hydrogen-bond donors (Lipinski definition) is 3. The molecule has 8 nitrogen and oxygen atoms in total. The Labute approximate surface area is 279 Å². The summed E-state index contributed by atoms with van der Waals surface area (Å²) in [5.74, 6) is 1.94. The lowest BCUT2D eigenvalue weighted by Crippen LogP contribution is -2.49. The molecule has 1 unspecified atom stereocenters. The molecule has 1 spiro atoms. The molecule has 47 heavy (non-hydrogen) atoms. The van der Waals surface area contributed by atoms with Crippen molar-refractivity contribution in [1.82, 2.24) is 16.0 Å². The van der Waals surface area contributed by atoms with Gasteiger partial charge in [0.05, 0.1) is 11.7 Å². The van der Waals surface area contributed by atoms with Crippen molar-refractivity contribution >= 4 is 17.8 Å². The van der Waals surface area contributed by atoms with E-state index in [0.717, 1.165) is 56.2 Å². The van der Waals surface area contributed by atoms with Crippen molar-refractivity contribution in [2.45, 2.75) is 109 Å². The van der Waals surface area contributed by atoms with Gasteiger partial charge in [-0.2, -0.15) is 0 Å². The lowest BCUT2D eigenvalue weighted by molar-refractivity contribution is -0.123. The number of nitrogens with one attached hydrogen (secondary N) is 3. The third-order valence-electron chi connectivity index (χ3n) is 13.1. The summed E-state index contributed by atoms with van der Waals surface area (Å²) in [4.78, 5) is 39.4. The van der Waals surface area contributed by atoms with Crippen molar-refractivity contribution in [2.75, 3.05) is 19.6 Å². The number of carbonyl (C=O) groups excluding carboxylic acids is 3.